The molecule has 2 N–H and O–H groups in total. The predicted octanol–water partition coefficient (Wildman–Crippen LogP) is 0.287. The molecule has 0 saturated carbocycles. The van der Waals surface area contributed by atoms with Crippen molar-refractivity contribution < 1.29 is 4.79 Å². The molecule has 0 unspecified atom stereocenters. The molecule has 20 heavy (non-hydrogen) atoms. The Morgan fingerprint density at radius 1 is 1.40 bits per heavy atom. The van der Waals surface area contributed by atoms with Crippen molar-refractivity contribution in [3.8, 4) is 11.4 Å². The smallest absolute Gasteiger partial charge is 0.311 e. The van der Waals surface area contributed by atoms with Crippen LogP contribution in [0.15, 0.2) is 29.3 Å². The topological polar surface area (TPSA) is 106 Å². The number of anilines is 1. The van der Waals surface area contributed by atoms with Crippen LogP contribution in [-0.4, -0.2) is 30.9 Å². The molecule has 0 atom stereocenters. The molecule has 0 aliphatic heterocycles. The molecule has 0 bridgehead atoms. The number of carbonyl (C=O) groups is 1. The second-order valence-electron chi connectivity index (χ2n) is 4.09. The lowest BCUT2D eigenvalue weighted by Crippen LogP contribution is -2.12. The lowest BCUT2D eigenvalue weighted by molar-refractivity contribution is -0.105. The van der Waals surface area contributed by atoms with E-state index in [2.05, 4.69) is 25.3 Å². The van der Waals surface area contributed by atoms with Crippen LogP contribution in [0.2, 0.25) is 0 Å². The standard InChI is InChI=1S/C12H10N6O2/c1-18-11-8(15-12(18)20)10(14-6-19)16-9(17-11)7-3-2-4-13-5-7/h2-6H,1H3,(H,15,20)(H,14,16,17,19). The molecule has 8 heteroatoms. The van der Waals surface area contributed by atoms with Gasteiger partial charge < -0.3 is 10.3 Å². The molecule has 3 rings (SSSR count). The van der Waals surface area contributed by atoms with Crippen molar-refractivity contribution in [2.24, 2.45) is 7.05 Å². The number of carbonyl (C=O) groups excluding carboxylic acids is 1. The van der Waals surface area contributed by atoms with Crippen LogP contribution in [0.25, 0.3) is 22.6 Å². The van der Waals surface area contributed by atoms with Gasteiger partial charge >= 0.3 is 5.69 Å². The zero-order chi connectivity index (χ0) is 14.1. The Morgan fingerprint density at radius 3 is 2.95 bits per heavy atom. The molecule has 0 aliphatic rings. The Hall–Kier alpha value is -3.03. The number of imidazole rings is 1. The first kappa shape index (κ1) is 12.0. The highest BCUT2D eigenvalue weighted by Crippen LogP contribution is 2.21. The molecule has 0 aliphatic carbocycles. The number of nitrogens with zero attached hydrogens (tertiary/aromatic N) is 4. The van der Waals surface area contributed by atoms with Crippen molar-refractivity contribution in [1.82, 2.24) is 24.5 Å². The summed E-state index contributed by atoms with van der Waals surface area (Å²) >= 11 is 0. The highest BCUT2D eigenvalue weighted by molar-refractivity contribution is 5.89. The number of pyridine rings is 1. The van der Waals surface area contributed by atoms with Crippen LogP contribution in [0.5, 0.6) is 0 Å². The summed E-state index contributed by atoms with van der Waals surface area (Å²) in [5.41, 5.74) is 1.16. The van der Waals surface area contributed by atoms with Crippen LogP contribution in [0, 0.1) is 0 Å². The SMILES string of the molecule is Cn1c(=O)[nH]c2c(NC=O)nc(-c3cccnc3)nc21. The van der Waals surface area contributed by atoms with Crippen LogP contribution in [0.3, 0.4) is 0 Å². The van der Waals surface area contributed by atoms with E-state index in [0.717, 1.165) is 0 Å². The molecule has 3 aromatic heterocycles. The Kier molecular flexibility index (Phi) is 2.75. The minimum Gasteiger partial charge on any atom is -0.311 e. The van der Waals surface area contributed by atoms with E-state index in [1.165, 1.54) is 4.57 Å². The second kappa shape index (κ2) is 4.57. The third-order valence-corrected chi connectivity index (χ3v) is 2.86. The molecule has 1 amide bonds. The van der Waals surface area contributed by atoms with Gasteiger partial charge in [-0.3, -0.25) is 14.3 Å². The van der Waals surface area contributed by atoms with Gasteiger partial charge in [-0.2, -0.15) is 0 Å². The van der Waals surface area contributed by atoms with Crippen LogP contribution >= 0.6 is 0 Å². The number of rotatable bonds is 3. The summed E-state index contributed by atoms with van der Waals surface area (Å²) in [4.78, 5) is 37.5. The highest BCUT2D eigenvalue weighted by Gasteiger charge is 2.14. The van der Waals surface area contributed by atoms with Gasteiger partial charge in [0.05, 0.1) is 0 Å². The number of H-pyrrole nitrogens is 1. The summed E-state index contributed by atoms with van der Waals surface area (Å²) in [5.74, 6) is 0.631. The minimum absolute atomic E-state index is 0.251. The third-order valence-electron chi connectivity index (χ3n) is 2.86. The van der Waals surface area contributed by atoms with E-state index in [-0.39, 0.29) is 11.5 Å². The largest absolute Gasteiger partial charge is 0.327 e. The summed E-state index contributed by atoms with van der Waals surface area (Å²) in [6, 6.07) is 3.55. The molecule has 100 valence electrons. The van der Waals surface area contributed by atoms with Crippen LogP contribution in [0.4, 0.5) is 5.82 Å². The molecule has 0 saturated heterocycles. The summed E-state index contributed by atoms with van der Waals surface area (Å²) in [6.45, 7) is 0. The summed E-state index contributed by atoms with van der Waals surface area (Å²) < 4.78 is 1.35. The highest BCUT2D eigenvalue weighted by atomic mass is 16.1. The molecule has 0 radical (unpaired) electrons. The fraction of sp³-hybridized carbons (Fsp3) is 0.0833. The molecule has 0 spiro atoms. The molecule has 0 fully saturated rings. The average Bonchev–Trinajstić information content (AvgIpc) is 2.76. The minimum atomic E-state index is -0.327. The van der Waals surface area contributed by atoms with E-state index < -0.39 is 0 Å². The van der Waals surface area contributed by atoms with E-state index in [4.69, 9.17) is 0 Å². The number of nitrogens with one attached hydrogen (secondary N) is 2. The predicted molar refractivity (Wildman–Crippen MR) is 72.0 cm³/mol. The Bertz CT molecular complexity index is 836. The van der Waals surface area contributed by atoms with Gasteiger partial charge in [0.25, 0.3) is 0 Å². The quantitative estimate of drug-likeness (QED) is 0.665. The normalized spacial score (nSPS) is 10.7. The van der Waals surface area contributed by atoms with Crippen LogP contribution in [0.1, 0.15) is 0 Å². The zero-order valence-electron chi connectivity index (χ0n) is 10.5. The first-order chi connectivity index (χ1) is 9.70. The van der Waals surface area contributed by atoms with E-state index in [1.807, 2.05) is 0 Å². The fourth-order valence-corrected chi connectivity index (χ4v) is 1.88. The Morgan fingerprint density at radius 2 is 2.25 bits per heavy atom. The van der Waals surface area contributed by atoms with Crippen LogP contribution in [-0.2, 0) is 11.8 Å². The first-order valence-corrected chi connectivity index (χ1v) is 5.78. The zero-order valence-corrected chi connectivity index (χ0v) is 10.5. The summed E-state index contributed by atoms with van der Waals surface area (Å²) in [6.07, 6.45) is 3.75. The summed E-state index contributed by atoms with van der Waals surface area (Å²) in [7, 11) is 1.59. The lowest BCUT2D eigenvalue weighted by atomic mass is 10.2. The van der Waals surface area contributed by atoms with Crippen molar-refractivity contribution in [1.29, 1.82) is 0 Å². The third kappa shape index (κ3) is 1.83. The number of amides is 1. The monoisotopic (exact) mass is 270 g/mol. The maximum Gasteiger partial charge on any atom is 0.327 e. The number of hydrogen-bond acceptors (Lipinski definition) is 5. The van der Waals surface area contributed by atoms with Gasteiger partial charge in [0, 0.05) is 25.0 Å². The number of aromatic nitrogens is 5. The van der Waals surface area contributed by atoms with E-state index in [9.17, 15) is 9.59 Å². The van der Waals surface area contributed by atoms with E-state index >= 15 is 0 Å². The molecule has 0 aromatic carbocycles. The van der Waals surface area contributed by atoms with Crippen molar-refractivity contribution in [2.75, 3.05) is 5.32 Å². The van der Waals surface area contributed by atoms with Gasteiger partial charge in [-0.05, 0) is 12.1 Å². The number of aryl methyl sites for hydroxylation is 1. The van der Waals surface area contributed by atoms with Crippen molar-refractivity contribution in [3.05, 3.63) is 35.0 Å². The van der Waals surface area contributed by atoms with Gasteiger partial charge in [-0.25, -0.2) is 14.8 Å². The molecule has 3 aromatic rings. The maximum absolute atomic E-state index is 11.7. The van der Waals surface area contributed by atoms with E-state index in [0.29, 0.717) is 29.0 Å². The lowest BCUT2D eigenvalue weighted by Gasteiger charge is -2.04. The van der Waals surface area contributed by atoms with Gasteiger partial charge in [0.1, 0.15) is 5.52 Å². The summed E-state index contributed by atoms with van der Waals surface area (Å²) in [5, 5.41) is 2.47. The van der Waals surface area contributed by atoms with Crippen molar-refractivity contribution in [2.45, 2.75) is 0 Å². The van der Waals surface area contributed by atoms with E-state index in [1.54, 1.807) is 31.6 Å². The van der Waals surface area contributed by atoms with Crippen molar-refractivity contribution >= 4 is 23.4 Å². The maximum atomic E-state index is 11.7. The average molecular weight is 270 g/mol. The second-order valence-corrected chi connectivity index (χ2v) is 4.09. The first-order valence-electron chi connectivity index (χ1n) is 5.78. The van der Waals surface area contributed by atoms with Gasteiger partial charge in [0.2, 0.25) is 6.41 Å². The number of hydrogen-bond donors (Lipinski definition) is 2. The van der Waals surface area contributed by atoms with Crippen LogP contribution < -0.4 is 11.0 Å². The van der Waals surface area contributed by atoms with Crippen molar-refractivity contribution in [3.63, 3.8) is 0 Å². The fourth-order valence-electron chi connectivity index (χ4n) is 1.88. The van der Waals surface area contributed by atoms with Gasteiger partial charge in [-0.1, -0.05) is 0 Å². The van der Waals surface area contributed by atoms with Gasteiger partial charge in [0.15, 0.2) is 17.3 Å². The Labute approximate surface area is 112 Å². The molecular weight excluding hydrogens is 260 g/mol. The molecule has 8 nitrogen and oxygen atoms in total. The molecule has 3 heterocycles. The number of fused-ring (bicyclic) bond motifs is 1. The number of aromatic amines is 1. The molecular formula is C12H10N6O2. The Balaban J connectivity index is 2.32. The van der Waals surface area contributed by atoms with Gasteiger partial charge in [-0.15, -0.1) is 0 Å².